The van der Waals surface area contributed by atoms with Crippen LogP contribution >= 0.6 is 0 Å². The Morgan fingerprint density at radius 2 is 1.85 bits per heavy atom. The number of benzene rings is 1. The molecule has 0 spiro atoms. The summed E-state index contributed by atoms with van der Waals surface area (Å²) in [5, 5.41) is 0. The highest BCUT2D eigenvalue weighted by molar-refractivity contribution is 5.97. The molecule has 0 N–H and O–H groups in total. The minimum atomic E-state index is -0.180. The van der Waals surface area contributed by atoms with E-state index in [0.29, 0.717) is 30.2 Å². The van der Waals surface area contributed by atoms with E-state index in [9.17, 15) is 9.59 Å². The molecule has 0 unspecified atom stereocenters. The van der Waals surface area contributed by atoms with E-state index in [0.717, 1.165) is 17.5 Å². The lowest BCUT2D eigenvalue weighted by Gasteiger charge is -2.44. The zero-order valence-electron chi connectivity index (χ0n) is 15.3. The zero-order chi connectivity index (χ0) is 19.0. The van der Waals surface area contributed by atoms with Gasteiger partial charge in [-0.3, -0.25) is 14.6 Å². The SMILES string of the molecule is COc1cc2c(cc1OC)[C@H]1CN(C(=O)c3ccncc3)CC(=O)N1CC2. The van der Waals surface area contributed by atoms with Crippen LogP contribution < -0.4 is 9.47 Å². The van der Waals surface area contributed by atoms with Gasteiger partial charge in [-0.2, -0.15) is 0 Å². The van der Waals surface area contributed by atoms with Gasteiger partial charge in [0.15, 0.2) is 11.5 Å². The van der Waals surface area contributed by atoms with Crippen LogP contribution in [0.4, 0.5) is 0 Å². The standard InChI is InChI=1S/C20H21N3O4/c1-26-17-9-14-5-8-23-16(15(14)10-18(17)27-2)11-22(12-19(23)24)20(25)13-3-6-21-7-4-13/h3-4,6-7,9-10,16H,5,8,11-12H2,1-2H3/t16-/m1/s1. The highest BCUT2D eigenvalue weighted by atomic mass is 16.5. The number of nitrogens with zero attached hydrogens (tertiary/aromatic N) is 3. The van der Waals surface area contributed by atoms with E-state index in [2.05, 4.69) is 4.98 Å². The molecule has 2 aliphatic heterocycles. The molecule has 0 bridgehead atoms. The molecule has 7 heteroatoms. The summed E-state index contributed by atoms with van der Waals surface area (Å²) in [5.41, 5.74) is 2.67. The molecule has 2 aromatic rings. The molecule has 2 aliphatic rings. The van der Waals surface area contributed by atoms with Crippen LogP contribution in [0.25, 0.3) is 0 Å². The first-order valence-electron chi connectivity index (χ1n) is 8.86. The Morgan fingerprint density at radius 3 is 2.56 bits per heavy atom. The molecular weight excluding hydrogens is 346 g/mol. The van der Waals surface area contributed by atoms with Crippen molar-refractivity contribution in [2.24, 2.45) is 0 Å². The summed E-state index contributed by atoms with van der Waals surface area (Å²) >= 11 is 0. The molecule has 1 aromatic carbocycles. The molecule has 1 atom stereocenters. The normalized spacial score (nSPS) is 18.6. The van der Waals surface area contributed by atoms with Gasteiger partial charge >= 0.3 is 0 Å². The molecule has 27 heavy (non-hydrogen) atoms. The molecule has 0 radical (unpaired) electrons. The average Bonchev–Trinajstić information content (AvgIpc) is 2.72. The predicted molar refractivity (Wildman–Crippen MR) is 97.8 cm³/mol. The van der Waals surface area contributed by atoms with E-state index >= 15 is 0 Å². The van der Waals surface area contributed by atoms with E-state index in [1.165, 1.54) is 0 Å². The molecule has 1 aromatic heterocycles. The molecule has 140 valence electrons. The third kappa shape index (κ3) is 2.99. The zero-order valence-corrected chi connectivity index (χ0v) is 15.3. The summed E-state index contributed by atoms with van der Waals surface area (Å²) in [6.07, 6.45) is 3.92. The monoisotopic (exact) mass is 367 g/mol. The first-order valence-corrected chi connectivity index (χ1v) is 8.86. The van der Waals surface area contributed by atoms with Gasteiger partial charge < -0.3 is 19.3 Å². The summed E-state index contributed by atoms with van der Waals surface area (Å²) in [6.45, 7) is 1.19. The number of amides is 2. The van der Waals surface area contributed by atoms with Crippen molar-refractivity contribution in [3.05, 3.63) is 53.3 Å². The highest BCUT2D eigenvalue weighted by Crippen LogP contribution is 2.39. The van der Waals surface area contributed by atoms with Crippen molar-refractivity contribution in [2.75, 3.05) is 33.9 Å². The van der Waals surface area contributed by atoms with Gasteiger partial charge in [-0.15, -0.1) is 0 Å². The number of carbonyl (C=O) groups excluding carboxylic acids is 2. The predicted octanol–water partition coefficient (Wildman–Crippen LogP) is 1.68. The summed E-state index contributed by atoms with van der Waals surface area (Å²) < 4.78 is 10.8. The quantitative estimate of drug-likeness (QED) is 0.825. The summed E-state index contributed by atoms with van der Waals surface area (Å²) in [7, 11) is 3.20. The van der Waals surface area contributed by atoms with Gasteiger partial charge in [-0.25, -0.2) is 0 Å². The number of pyridine rings is 1. The van der Waals surface area contributed by atoms with Crippen LogP contribution in [0.2, 0.25) is 0 Å². The lowest BCUT2D eigenvalue weighted by molar-refractivity contribution is -0.139. The van der Waals surface area contributed by atoms with Crippen molar-refractivity contribution < 1.29 is 19.1 Å². The fourth-order valence-corrected chi connectivity index (χ4v) is 3.88. The maximum absolute atomic E-state index is 12.8. The number of hydrogen-bond donors (Lipinski definition) is 0. The van der Waals surface area contributed by atoms with E-state index in [1.807, 2.05) is 17.0 Å². The van der Waals surface area contributed by atoms with Crippen molar-refractivity contribution in [3.63, 3.8) is 0 Å². The summed E-state index contributed by atoms with van der Waals surface area (Å²) in [4.78, 5) is 33.0. The van der Waals surface area contributed by atoms with E-state index < -0.39 is 0 Å². The number of hydrogen-bond acceptors (Lipinski definition) is 5. The molecular formula is C20H21N3O4. The molecule has 2 amide bonds. The Kier molecular flexibility index (Phi) is 4.43. The van der Waals surface area contributed by atoms with Gasteiger partial charge in [0.2, 0.25) is 5.91 Å². The molecule has 0 aliphatic carbocycles. The topological polar surface area (TPSA) is 72.0 Å². The number of aromatic nitrogens is 1. The van der Waals surface area contributed by atoms with Crippen LogP contribution in [0, 0.1) is 0 Å². The minimum Gasteiger partial charge on any atom is -0.493 e. The lowest BCUT2D eigenvalue weighted by atomic mass is 9.90. The van der Waals surface area contributed by atoms with Crippen molar-refractivity contribution in [2.45, 2.75) is 12.5 Å². The van der Waals surface area contributed by atoms with Crippen LogP contribution in [0.15, 0.2) is 36.7 Å². The van der Waals surface area contributed by atoms with Gasteiger partial charge in [0, 0.05) is 31.0 Å². The number of methoxy groups -OCH3 is 2. The van der Waals surface area contributed by atoms with Gasteiger partial charge in [0.05, 0.1) is 20.3 Å². The first kappa shape index (κ1) is 17.3. The fraction of sp³-hybridized carbons (Fsp3) is 0.350. The number of piperazine rings is 1. The third-order valence-electron chi connectivity index (χ3n) is 5.26. The second-order valence-electron chi connectivity index (χ2n) is 6.68. The van der Waals surface area contributed by atoms with Gasteiger partial charge in [0.1, 0.15) is 6.54 Å². The minimum absolute atomic E-state index is 0.0332. The number of ether oxygens (including phenoxy) is 2. The van der Waals surface area contributed by atoms with Crippen molar-refractivity contribution in [3.8, 4) is 11.5 Å². The Labute approximate surface area is 157 Å². The Balaban J connectivity index is 1.68. The van der Waals surface area contributed by atoms with Crippen molar-refractivity contribution >= 4 is 11.8 Å². The Bertz CT molecular complexity index is 884. The van der Waals surface area contributed by atoms with E-state index in [-0.39, 0.29) is 24.4 Å². The van der Waals surface area contributed by atoms with E-state index in [1.54, 1.807) is 43.6 Å². The Hall–Kier alpha value is -3.09. The maximum atomic E-state index is 12.8. The Morgan fingerprint density at radius 1 is 1.15 bits per heavy atom. The number of carbonyl (C=O) groups is 2. The summed E-state index contributed by atoms with van der Waals surface area (Å²) in [5.74, 6) is 1.12. The van der Waals surface area contributed by atoms with Crippen molar-refractivity contribution in [1.82, 2.24) is 14.8 Å². The van der Waals surface area contributed by atoms with Gasteiger partial charge in [0.25, 0.3) is 5.91 Å². The highest BCUT2D eigenvalue weighted by Gasteiger charge is 2.39. The van der Waals surface area contributed by atoms with Crippen LogP contribution in [0.5, 0.6) is 11.5 Å². The number of fused-ring (bicyclic) bond motifs is 3. The first-order chi connectivity index (χ1) is 13.1. The number of rotatable bonds is 3. The second kappa shape index (κ2) is 6.90. The van der Waals surface area contributed by atoms with Crippen LogP contribution in [0.3, 0.4) is 0 Å². The summed E-state index contributed by atoms with van der Waals surface area (Å²) in [6, 6.07) is 7.06. The van der Waals surface area contributed by atoms with Crippen LogP contribution in [-0.2, 0) is 11.2 Å². The van der Waals surface area contributed by atoms with Crippen molar-refractivity contribution in [1.29, 1.82) is 0 Å². The molecule has 3 heterocycles. The lowest BCUT2D eigenvalue weighted by Crippen LogP contribution is -2.55. The van der Waals surface area contributed by atoms with Crippen LogP contribution in [0.1, 0.15) is 27.5 Å². The molecule has 1 saturated heterocycles. The molecule has 0 saturated carbocycles. The maximum Gasteiger partial charge on any atom is 0.254 e. The average molecular weight is 367 g/mol. The molecule has 4 rings (SSSR count). The smallest absolute Gasteiger partial charge is 0.254 e. The molecule has 7 nitrogen and oxygen atoms in total. The van der Waals surface area contributed by atoms with Crippen LogP contribution in [-0.4, -0.2) is 60.5 Å². The fourth-order valence-electron chi connectivity index (χ4n) is 3.88. The molecule has 1 fully saturated rings. The van der Waals surface area contributed by atoms with E-state index in [4.69, 9.17) is 9.47 Å². The third-order valence-corrected chi connectivity index (χ3v) is 5.26. The van der Waals surface area contributed by atoms with Gasteiger partial charge in [-0.05, 0) is 41.8 Å². The largest absolute Gasteiger partial charge is 0.493 e. The second-order valence-corrected chi connectivity index (χ2v) is 6.68. The van der Waals surface area contributed by atoms with Gasteiger partial charge in [-0.1, -0.05) is 0 Å².